The van der Waals surface area contributed by atoms with E-state index in [1.165, 1.54) is 0 Å². The number of carbonyl (C=O) groups is 1. The van der Waals surface area contributed by atoms with Crippen molar-refractivity contribution in [2.45, 2.75) is 20.5 Å². The van der Waals surface area contributed by atoms with Crippen LogP contribution >= 0.6 is 11.6 Å². The first kappa shape index (κ1) is 25.5. The zero-order chi connectivity index (χ0) is 27.8. The standard InChI is InChI=1S/C33H23ClO6/c1-19-26-14-12-25(17-29(26)40-32(35)30(19)22-8-10-23(34)11-9-22)39-33(36)31-20(2)38-28-15-13-24(16-27(28)31)37-18-21-6-4-3-5-7-21/h3-17H,18H2,1-2H3. The fraction of sp³-hybridized carbons (Fsp3) is 0.0909. The summed E-state index contributed by atoms with van der Waals surface area (Å²) in [5.74, 6) is 0.679. The van der Waals surface area contributed by atoms with E-state index in [4.69, 9.17) is 29.9 Å². The molecule has 0 aliphatic rings. The summed E-state index contributed by atoms with van der Waals surface area (Å²) in [6.07, 6.45) is 0. The second-order valence-electron chi connectivity index (χ2n) is 9.41. The Morgan fingerprint density at radius 2 is 1.55 bits per heavy atom. The number of carbonyl (C=O) groups excluding carboxylic acids is 1. The topological polar surface area (TPSA) is 78.9 Å². The number of benzene rings is 4. The maximum absolute atomic E-state index is 13.3. The average molecular weight is 551 g/mol. The lowest BCUT2D eigenvalue weighted by Crippen LogP contribution is -2.10. The lowest BCUT2D eigenvalue weighted by molar-refractivity contribution is 0.0735. The maximum atomic E-state index is 13.3. The van der Waals surface area contributed by atoms with Gasteiger partial charge in [0.2, 0.25) is 0 Å². The van der Waals surface area contributed by atoms with Gasteiger partial charge < -0.3 is 18.3 Å². The Labute approximate surface area is 234 Å². The zero-order valence-corrected chi connectivity index (χ0v) is 22.5. The molecule has 2 aromatic heterocycles. The van der Waals surface area contributed by atoms with Gasteiger partial charge in [0.25, 0.3) is 0 Å². The molecule has 0 amide bonds. The van der Waals surface area contributed by atoms with Crippen molar-refractivity contribution in [2.24, 2.45) is 0 Å². The van der Waals surface area contributed by atoms with Crippen molar-refractivity contribution < 1.29 is 23.1 Å². The van der Waals surface area contributed by atoms with E-state index in [1.807, 2.05) is 37.3 Å². The molecule has 0 spiro atoms. The molecule has 0 N–H and O–H groups in total. The molecule has 6 rings (SSSR count). The van der Waals surface area contributed by atoms with E-state index in [1.54, 1.807) is 67.6 Å². The minimum absolute atomic E-state index is 0.240. The number of ether oxygens (including phenoxy) is 2. The summed E-state index contributed by atoms with van der Waals surface area (Å²) < 4.78 is 23.1. The minimum Gasteiger partial charge on any atom is -0.489 e. The molecule has 0 radical (unpaired) electrons. The highest BCUT2D eigenvalue weighted by Crippen LogP contribution is 2.32. The van der Waals surface area contributed by atoms with Crippen molar-refractivity contribution in [1.29, 1.82) is 0 Å². The van der Waals surface area contributed by atoms with E-state index in [-0.39, 0.29) is 5.75 Å². The van der Waals surface area contributed by atoms with Crippen LogP contribution in [0.2, 0.25) is 5.02 Å². The fourth-order valence-corrected chi connectivity index (χ4v) is 4.92. The number of furan rings is 1. The summed E-state index contributed by atoms with van der Waals surface area (Å²) >= 11 is 6.00. The lowest BCUT2D eigenvalue weighted by atomic mass is 9.99. The van der Waals surface area contributed by atoms with Gasteiger partial charge in [-0.25, -0.2) is 9.59 Å². The third kappa shape index (κ3) is 4.85. The predicted molar refractivity (Wildman–Crippen MR) is 154 cm³/mol. The van der Waals surface area contributed by atoms with Crippen LogP contribution in [0.3, 0.4) is 0 Å². The van der Waals surface area contributed by atoms with Gasteiger partial charge in [-0.15, -0.1) is 0 Å². The van der Waals surface area contributed by atoms with Crippen LogP contribution < -0.4 is 15.1 Å². The molecule has 2 heterocycles. The molecular weight excluding hydrogens is 528 g/mol. The third-order valence-electron chi connectivity index (χ3n) is 6.77. The van der Waals surface area contributed by atoms with Gasteiger partial charge in [-0.05, 0) is 73.0 Å². The Hall–Kier alpha value is -4.81. The number of aryl methyl sites for hydroxylation is 2. The van der Waals surface area contributed by atoms with Gasteiger partial charge in [-0.3, -0.25) is 0 Å². The summed E-state index contributed by atoms with van der Waals surface area (Å²) in [4.78, 5) is 26.2. The van der Waals surface area contributed by atoms with Crippen LogP contribution in [0.15, 0.2) is 105 Å². The summed E-state index contributed by atoms with van der Waals surface area (Å²) in [5.41, 5.74) is 3.63. The zero-order valence-electron chi connectivity index (χ0n) is 21.7. The molecule has 6 aromatic rings. The number of fused-ring (bicyclic) bond motifs is 2. The van der Waals surface area contributed by atoms with E-state index in [2.05, 4.69) is 0 Å². The van der Waals surface area contributed by atoms with E-state index < -0.39 is 11.6 Å². The normalized spacial score (nSPS) is 11.2. The van der Waals surface area contributed by atoms with Gasteiger partial charge in [-0.2, -0.15) is 0 Å². The monoisotopic (exact) mass is 550 g/mol. The summed E-state index contributed by atoms with van der Waals surface area (Å²) in [5, 5.41) is 1.90. The van der Waals surface area contributed by atoms with Gasteiger partial charge in [0.05, 0.1) is 5.56 Å². The van der Waals surface area contributed by atoms with E-state index in [0.29, 0.717) is 56.4 Å². The first-order valence-corrected chi connectivity index (χ1v) is 13.0. The van der Waals surface area contributed by atoms with Gasteiger partial charge in [-0.1, -0.05) is 54.1 Å². The first-order chi connectivity index (χ1) is 19.4. The third-order valence-corrected chi connectivity index (χ3v) is 7.02. The number of hydrogen-bond donors (Lipinski definition) is 0. The van der Waals surface area contributed by atoms with Crippen LogP contribution in [0.1, 0.15) is 27.2 Å². The second-order valence-corrected chi connectivity index (χ2v) is 9.85. The van der Waals surface area contributed by atoms with E-state index in [0.717, 1.165) is 16.5 Å². The van der Waals surface area contributed by atoms with Crippen LogP contribution in [-0.4, -0.2) is 5.97 Å². The molecule has 0 aliphatic carbocycles. The summed E-state index contributed by atoms with van der Waals surface area (Å²) in [6, 6.07) is 27.1. The van der Waals surface area contributed by atoms with Crippen molar-refractivity contribution in [2.75, 3.05) is 0 Å². The van der Waals surface area contributed by atoms with Crippen molar-refractivity contribution in [3.63, 3.8) is 0 Å². The van der Waals surface area contributed by atoms with Gasteiger partial charge in [0.15, 0.2) is 0 Å². The highest BCUT2D eigenvalue weighted by Gasteiger charge is 2.22. The number of halogens is 1. The van der Waals surface area contributed by atoms with E-state index in [9.17, 15) is 9.59 Å². The quantitative estimate of drug-likeness (QED) is 0.118. The maximum Gasteiger partial charge on any atom is 0.347 e. The smallest absolute Gasteiger partial charge is 0.347 e. The molecule has 0 atom stereocenters. The Morgan fingerprint density at radius 1 is 0.800 bits per heavy atom. The highest BCUT2D eigenvalue weighted by molar-refractivity contribution is 6.30. The molecule has 7 heteroatoms. The molecule has 0 fully saturated rings. The first-order valence-electron chi connectivity index (χ1n) is 12.6. The van der Waals surface area contributed by atoms with Crippen molar-refractivity contribution in [3.8, 4) is 22.6 Å². The van der Waals surface area contributed by atoms with Gasteiger partial charge >= 0.3 is 11.6 Å². The van der Waals surface area contributed by atoms with Crippen LogP contribution in [0.4, 0.5) is 0 Å². The van der Waals surface area contributed by atoms with Crippen LogP contribution in [0, 0.1) is 13.8 Å². The van der Waals surface area contributed by atoms with Gasteiger partial charge in [0.1, 0.15) is 40.6 Å². The number of esters is 1. The molecular formula is C33H23ClO6. The van der Waals surface area contributed by atoms with E-state index >= 15 is 0 Å². The average Bonchev–Trinajstić information content (AvgIpc) is 3.28. The molecule has 0 unspecified atom stereocenters. The Morgan fingerprint density at radius 3 is 2.33 bits per heavy atom. The van der Waals surface area contributed by atoms with Crippen molar-refractivity contribution >= 4 is 39.5 Å². The van der Waals surface area contributed by atoms with Crippen molar-refractivity contribution in [3.05, 3.63) is 129 Å². The highest BCUT2D eigenvalue weighted by atomic mass is 35.5. The summed E-state index contributed by atoms with van der Waals surface area (Å²) in [7, 11) is 0. The predicted octanol–water partition coefficient (Wildman–Crippen LogP) is 8.27. The number of rotatable bonds is 6. The molecule has 0 bridgehead atoms. The Balaban J connectivity index is 1.28. The molecule has 4 aromatic carbocycles. The molecule has 6 nitrogen and oxygen atoms in total. The Kier molecular flexibility index (Phi) is 6.62. The SMILES string of the molecule is Cc1oc2ccc(OCc3ccccc3)cc2c1C(=O)Oc1ccc2c(C)c(-c3ccc(Cl)cc3)c(=O)oc2c1. The molecule has 0 saturated heterocycles. The molecule has 0 aliphatic heterocycles. The minimum atomic E-state index is -0.590. The largest absolute Gasteiger partial charge is 0.489 e. The molecule has 0 saturated carbocycles. The molecule has 40 heavy (non-hydrogen) atoms. The summed E-state index contributed by atoms with van der Waals surface area (Å²) in [6.45, 7) is 3.96. The molecule has 198 valence electrons. The van der Waals surface area contributed by atoms with Crippen LogP contribution in [-0.2, 0) is 6.61 Å². The Bertz CT molecular complexity index is 1930. The van der Waals surface area contributed by atoms with Crippen LogP contribution in [0.25, 0.3) is 33.1 Å². The van der Waals surface area contributed by atoms with Crippen molar-refractivity contribution in [1.82, 2.24) is 0 Å². The lowest BCUT2D eigenvalue weighted by Gasteiger charge is -2.10. The number of hydrogen-bond acceptors (Lipinski definition) is 6. The van der Waals surface area contributed by atoms with Crippen LogP contribution in [0.5, 0.6) is 11.5 Å². The van der Waals surface area contributed by atoms with Gasteiger partial charge in [0, 0.05) is 21.9 Å². The second kappa shape index (κ2) is 10.4. The fourth-order valence-electron chi connectivity index (χ4n) is 4.79.